The minimum atomic E-state index is -0.605. The van der Waals surface area contributed by atoms with Gasteiger partial charge in [0.1, 0.15) is 10.8 Å². The SMILES string of the molecule is CCOC(=O)c1c(NC(=O)c2cc(-c3cccc(OC)c3)on2)sc(C(C)=O)c1C. The van der Waals surface area contributed by atoms with E-state index in [0.29, 0.717) is 27.5 Å². The van der Waals surface area contributed by atoms with Crippen LogP contribution in [0.1, 0.15) is 49.9 Å². The van der Waals surface area contributed by atoms with Gasteiger partial charge in [-0.25, -0.2) is 4.79 Å². The normalized spacial score (nSPS) is 10.5. The molecule has 9 heteroatoms. The molecule has 1 aromatic carbocycles. The smallest absolute Gasteiger partial charge is 0.341 e. The second kappa shape index (κ2) is 8.91. The van der Waals surface area contributed by atoms with Gasteiger partial charge in [0.05, 0.1) is 24.2 Å². The van der Waals surface area contributed by atoms with Crippen LogP contribution in [0.15, 0.2) is 34.9 Å². The number of aromatic nitrogens is 1. The molecule has 3 rings (SSSR count). The van der Waals surface area contributed by atoms with Crippen LogP contribution >= 0.6 is 11.3 Å². The van der Waals surface area contributed by atoms with Gasteiger partial charge in [-0.15, -0.1) is 11.3 Å². The molecule has 0 saturated heterocycles. The van der Waals surface area contributed by atoms with E-state index in [9.17, 15) is 14.4 Å². The third kappa shape index (κ3) is 4.25. The van der Waals surface area contributed by atoms with Crippen LogP contribution in [0.5, 0.6) is 5.75 Å². The lowest BCUT2D eigenvalue weighted by molar-refractivity contribution is 0.0527. The fourth-order valence-electron chi connectivity index (χ4n) is 2.85. The number of carbonyl (C=O) groups excluding carboxylic acids is 3. The van der Waals surface area contributed by atoms with Crippen LogP contribution in [-0.4, -0.2) is 36.5 Å². The van der Waals surface area contributed by atoms with Gasteiger partial charge in [0.25, 0.3) is 5.91 Å². The number of nitrogens with zero attached hydrogens (tertiary/aromatic N) is 1. The Morgan fingerprint density at radius 3 is 2.67 bits per heavy atom. The fraction of sp³-hybridized carbons (Fsp3) is 0.238. The molecule has 2 heterocycles. The van der Waals surface area contributed by atoms with Crippen molar-refractivity contribution in [2.24, 2.45) is 0 Å². The Labute approximate surface area is 176 Å². The standard InChI is InChI=1S/C21H20N2O6S/c1-5-28-21(26)17-11(2)18(12(3)24)30-20(17)22-19(25)15-10-16(29-23-15)13-7-6-8-14(9-13)27-4/h6-10H,5H2,1-4H3,(H,22,25). The summed E-state index contributed by atoms with van der Waals surface area (Å²) in [6.45, 7) is 4.90. The molecule has 0 unspecified atom stereocenters. The Bertz CT molecular complexity index is 1110. The van der Waals surface area contributed by atoms with Crippen LogP contribution in [0.2, 0.25) is 0 Å². The molecule has 2 aromatic heterocycles. The first kappa shape index (κ1) is 21.3. The van der Waals surface area contributed by atoms with Gasteiger partial charge in [-0.1, -0.05) is 17.3 Å². The van der Waals surface area contributed by atoms with Gasteiger partial charge >= 0.3 is 5.97 Å². The summed E-state index contributed by atoms with van der Waals surface area (Å²) in [6, 6.07) is 8.62. The summed E-state index contributed by atoms with van der Waals surface area (Å²) in [5.41, 5.74) is 1.35. The minimum absolute atomic E-state index is 0.0260. The van der Waals surface area contributed by atoms with E-state index >= 15 is 0 Å². The average molecular weight is 428 g/mol. The lowest BCUT2D eigenvalue weighted by Crippen LogP contribution is -2.15. The van der Waals surface area contributed by atoms with Gasteiger partial charge in [-0.2, -0.15) is 0 Å². The number of thiophene rings is 1. The van der Waals surface area contributed by atoms with E-state index in [1.807, 2.05) is 0 Å². The number of Topliss-reactive ketones (excluding diaryl/α,β-unsaturated/α-hetero) is 1. The largest absolute Gasteiger partial charge is 0.497 e. The highest BCUT2D eigenvalue weighted by atomic mass is 32.1. The van der Waals surface area contributed by atoms with E-state index in [-0.39, 0.29) is 28.6 Å². The molecule has 0 spiro atoms. The zero-order valence-corrected chi connectivity index (χ0v) is 17.7. The summed E-state index contributed by atoms with van der Waals surface area (Å²) in [6.07, 6.45) is 0. The highest BCUT2D eigenvalue weighted by molar-refractivity contribution is 7.18. The van der Waals surface area contributed by atoms with Crippen LogP contribution in [-0.2, 0) is 4.74 Å². The Balaban J connectivity index is 1.89. The molecule has 0 aliphatic heterocycles. The fourth-order valence-corrected chi connectivity index (χ4v) is 3.93. The topological polar surface area (TPSA) is 108 Å². The molecule has 0 bridgehead atoms. The van der Waals surface area contributed by atoms with Crippen molar-refractivity contribution in [2.75, 3.05) is 19.0 Å². The number of anilines is 1. The number of rotatable bonds is 7. The maximum atomic E-state index is 12.7. The lowest BCUT2D eigenvalue weighted by Gasteiger charge is -2.05. The Hall–Kier alpha value is -3.46. The van der Waals surface area contributed by atoms with Crippen LogP contribution in [0.3, 0.4) is 0 Å². The van der Waals surface area contributed by atoms with Crippen molar-refractivity contribution in [3.05, 3.63) is 52.0 Å². The first-order valence-corrected chi connectivity index (χ1v) is 9.91. The Kier molecular flexibility index (Phi) is 6.31. The second-order valence-corrected chi connectivity index (χ2v) is 7.32. The van der Waals surface area contributed by atoms with Crippen LogP contribution in [0.4, 0.5) is 5.00 Å². The lowest BCUT2D eigenvalue weighted by atomic mass is 10.1. The number of hydrogen-bond donors (Lipinski definition) is 1. The maximum absolute atomic E-state index is 12.7. The molecule has 1 amide bonds. The molecular formula is C21H20N2O6S. The predicted octanol–water partition coefficient (Wildman–Crippen LogP) is 4.35. The molecular weight excluding hydrogens is 408 g/mol. The van der Waals surface area contributed by atoms with E-state index in [4.69, 9.17) is 14.0 Å². The van der Waals surface area contributed by atoms with Crippen molar-refractivity contribution < 1.29 is 28.4 Å². The number of ketones is 1. The Morgan fingerprint density at radius 2 is 2.00 bits per heavy atom. The molecule has 0 saturated carbocycles. The van der Waals surface area contributed by atoms with E-state index in [0.717, 1.165) is 11.3 Å². The van der Waals surface area contributed by atoms with Gasteiger partial charge < -0.3 is 19.3 Å². The molecule has 1 N–H and O–H groups in total. The average Bonchev–Trinajstić information content (AvgIpc) is 3.33. The zero-order chi connectivity index (χ0) is 21.8. The van der Waals surface area contributed by atoms with Gasteiger partial charge in [0, 0.05) is 11.6 Å². The highest BCUT2D eigenvalue weighted by Gasteiger charge is 2.26. The van der Waals surface area contributed by atoms with E-state index < -0.39 is 11.9 Å². The van der Waals surface area contributed by atoms with Crippen molar-refractivity contribution in [3.8, 4) is 17.1 Å². The second-order valence-electron chi connectivity index (χ2n) is 6.30. The Morgan fingerprint density at radius 1 is 1.23 bits per heavy atom. The van der Waals surface area contributed by atoms with E-state index in [2.05, 4.69) is 10.5 Å². The molecule has 0 aliphatic rings. The van der Waals surface area contributed by atoms with Crippen molar-refractivity contribution >= 4 is 34.0 Å². The number of ether oxygens (including phenoxy) is 2. The summed E-state index contributed by atoms with van der Waals surface area (Å²) in [7, 11) is 1.55. The summed E-state index contributed by atoms with van der Waals surface area (Å²) in [5, 5.41) is 6.69. The first-order chi connectivity index (χ1) is 14.3. The van der Waals surface area contributed by atoms with Gasteiger partial charge in [-0.3, -0.25) is 9.59 Å². The first-order valence-electron chi connectivity index (χ1n) is 9.09. The molecule has 0 atom stereocenters. The highest BCUT2D eigenvalue weighted by Crippen LogP contribution is 2.34. The number of methoxy groups -OCH3 is 1. The third-order valence-corrected chi connectivity index (χ3v) is 5.58. The monoisotopic (exact) mass is 428 g/mol. The molecule has 0 aliphatic carbocycles. The van der Waals surface area contributed by atoms with Gasteiger partial charge in [0.2, 0.25) is 0 Å². The van der Waals surface area contributed by atoms with Gasteiger partial charge in [-0.05, 0) is 38.5 Å². The molecule has 156 valence electrons. The zero-order valence-electron chi connectivity index (χ0n) is 16.9. The van der Waals surface area contributed by atoms with Crippen molar-refractivity contribution in [1.29, 1.82) is 0 Å². The molecule has 8 nitrogen and oxygen atoms in total. The van der Waals surface area contributed by atoms with Crippen LogP contribution in [0, 0.1) is 6.92 Å². The third-order valence-electron chi connectivity index (χ3n) is 4.27. The number of benzene rings is 1. The van der Waals surface area contributed by atoms with E-state index in [1.165, 1.54) is 13.0 Å². The van der Waals surface area contributed by atoms with Crippen LogP contribution < -0.4 is 10.1 Å². The molecule has 30 heavy (non-hydrogen) atoms. The number of esters is 1. The number of hydrogen-bond acceptors (Lipinski definition) is 8. The summed E-state index contributed by atoms with van der Waals surface area (Å²) in [5.74, 6) is -0.359. The molecule has 3 aromatic rings. The number of carbonyl (C=O) groups is 3. The number of amides is 1. The summed E-state index contributed by atoms with van der Waals surface area (Å²) < 4.78 is 15.5. The van der Waals surface area contributed by atoms with Crippen molar-refractivity contribution in [1.82, 2.24) is 5.16 Å². The maximum Gasteiger partial charge on any atom is 0.341 e. The number of nitrogens with one attached hydrogen (secondary N) is 1. The van der Waals surface area contributed by atoms with Gasteiger partial charge in [0.15, 0.2) is 17.2 Å². The summed E-state index contributed by atoms with van der Waals surface area (Å²) >= 11 is 1.02. The quantitative estimate of drug-likeness (QED) is 0.440. The van der Waals surface area contributed by atoms with Crippen LogP contribution in [0.25, 0.3) is 11.3 Å². The van der Waals surface area contributed by atoms with Crippen molar-refractivity contribution in [3.63, 3.8) is 0 Å². The molecule has 0 radical (unpaired) electrons. The van der Waals surface area contributed by atoms with Crippen molar-refractivity contribution in [2.45, 2.75) is 20.8 Å². The minimum Gasteiger partial charge on any atom is -0.497 e. The predicted molar refractivity (Wildman–Crippen MR) is 111 cm³/mol. The molecule has 0 fully saturated rings. The summed E-state index contributed by atoms with van der Waals surface area (Å²) in [4.78, 5) is 37.4. The van der Waals surface area contributed by atoms with E-state index in [1.54, 1.807) is 45.2 Å².